The Hall–Kier alpha value is -0.610. The third-order valence-electron chi connectivity index (χ3n) is 3.96. The molecule has 4 nitrogen and oxygen atoms in total. The average Bonchev–Trinajstić information content (AvgIpc) is 2.87. The van der Waals surface area contributed by atoms with Crippen LogP contribution in [0.25, 0.3) is 0 Å². The van der Waals surface area contributed by atoms with Gasteiger partial charge in [0.25, 0.3) is 0 Å². The predicted octanol–water partition coefficient (Wildman–Crippen LogP) is 0.425. The van der Waals surface area contributed by atoms with Crippen molar-refractivity contribution in [1.82, 2.24) is 5.32 Å². The summed E-state index contributed by atoms with van der Waals surface area (Å²) in [7, 11) is 0. The minimum absolute atomic E-state index is 0.0109. The van der Waals surface area contributed by atoms with Crippen molar-refractivity contribution >= 4 is 5.91 Å². The van der Waals surface area contributed by atoms with Gasteiger partial charge in [-0.3, -0.25) is 4.79 Å². The molecule has 0 radical (unpaired) electrons. The lowest BCUT2D eigenvalue weighted by Crippen LogP contribution is -2.37. The smallest absolute Gasteiger partial charge is 0.223 e. The Labute approximate surface area is 96.0 Å². The van der Waals surface area contributed by atoms with Crippen LogP contribution in [0.4, 0.5) is 0 Å². The Balaban J connectivity index is 1.79. The topological polar surface area (TPSA) is 69.6 Å². The fourth-order valence-electron chi connectivity index (χ4n) is 2.92. The first-order valence-electron chi connectivity index (χ1n) is 6.30. The summed E-state index contributed by atoms with van der Waals surface area (Å²) in [6.07, 6.45) is 5.16. The quantitative estimate of drug-likeness (QED) is 0.654. The van der Waals surface area contributed by atoms with Crippen molar-refractivity contribution in [3.05, 3.63) is 0 Å². The van der Waals surface area contributed by atoms with Crippen LogP contribution in [0.15, 0.2) is 0 Å². The molecular formula is C12H21NO3. The van der Waals surface area contributed by atoms with Crippen molar-refractivity contribution in [3.8, 4) is 0 Å². The molecule has 2 saturated carbocycles. The number of carbonyl (C=O) groups excluding carboxylic acids is 1. The van der Waals surface area contributed by atoms with Gasteiger partial charge in [0.05, 0.1) is 6.10 Å². The van der Waals surface area contributed by atoms with Crippen LogP contribution in [0, 0.1) is 11.8 Å². The fourth-order valence-corrected chi connectivity index (χ4v) is 2.92. The van der Waals surface area contributed by atoms with Crippen molar-refractivity contribution in [2.24, 2.45) is 11.8 Å². The van der Waals surface area contributed by atoms with E-state index in [2.05, 4.69) is 5.32 Å². The van der Waals surface area contributed by atoms with Crippen LogP contribution < -0.4 is 5.32 Å². The van der Waals surface area contributed by atoms with E-state index >= 15 is 0 Å². The zero-order chi connectivity index (χ0) is 11.5. The molecule has 1 amide bonds. The van der Waals surface area contributed by atoms with Crippen LogP contribution in [-0.2, 0) is 4.79 Å². The van der Waals surface area contributed by atoms with Gasteiger partial charge in [-0.05, 0) is 25.7 Å². The molecule has 0 spiro atoms. The number of carbonyl (C=O) groups is 1. The Bertz CT molecular complexity index is 251. The molecule has 2 fully saturated rings. The maximum Gasteiger partial charge on any atom is 0.223 e. The number of hydrogen-bond acceptors (Lipinski definition) is 3. The summed E-state index contributed by atoms with van der Waals surface area (Å²) in [6.45, 7) is 0.0109. The highest BCUT2D eigenvalue weighted by atomic mass is 16.3. The van der Waals surface area contributed by atoms with Gasteiger partial charge >= 0.3 is 0 Å². The summed E-state index contributed by atoms with van der Waals surface area (Å²) in [5, 5.41) is 21.7. The minimum atomic E-state index is -0.459. The molecule has 3 N–H and O–H groups in total. The van der Waals surface area contributed by atoms with Gasteiger partial charge in [0, 0.05) is 24.5 Å². The summed E-state index contributed by atoms with van der Waals surface area (Å²) in [4.78, 5) is 11.8. The minimum Gasteiger partial charge on any atom is -0.396 e. The molecule has 0 aromatic heterocycles. The van der Waals surface area contributed by atoms with Gasteiger partial charge in [-0.2, -0.15) is 0 Å². The second-order valence-corrected chi connectivity index (χ2v) is 5.17. The molecule has 0 saturated heterocycles. The van der Waals surface area contributed by atoms with E-state index in [-0.39, 0.29) is 30.4 Å². The van der Waals surface area contributed by atoms with E-state index in [4.69, 9.17) is 5.11 Å². The number of nitrogens with one attached hydrogen (secondary N) is 1. The van der Waals surface area contributed by atoms with Crippen LogP contribution in [0.5, 0.6) is 0 Å². The Morgan fingerprint density at radius 2 is 1.94 bits per heavy atom. The molecule has 0 aliphatic heterocycles. The standard InChI is InChI=1S/C12H21NO3/c14-7-9-5-10(6-11(9)15)13-12(16)8-3-1-2-4-8/h8-11,14-15H,1-7H2,(H,13,16)/t9-,10-,11-/m1/s1. The summed E-state index contributed by atoms with van der Waals surface area (Å²) in [6, 6.07) is 0.0558. The first-order valence-corrected chi connectivity index (χ1v) is 6.30. The van der Waals surface area contributed by atoms with Gasteiger partial charge in [-0.25, -0.2) is 0 Å². The zero-order valence-corrected chi connectivity index (χ0v) is 9.56. The van der Waals surface area contributed by atoms with Gasteiger partial charge in [0.2, 0.25) is 5.91 Å². The van der Waals surface area contributed by atoms with Gasteiger partial charge in [-0.15, -0.1) is 0 Å². The first-order chi connectivity index (χ1) is 7.70. The molecule has 0 aromatic rings. The molecule has 0 heterocycles. The van der Waals surface area contributed by atoms with Crippen molar-refractivity contribution in [2.75, 3.05) is 6.61 Å². The maximum atomic E-state index is 11.8. The monoisotopic (exact) mass is 227 g/mol. The first kappa shape index (κ1) is 11.9. The number of hydrogen-bond donors (Lipinski definition) is 3. The summed E-state index contributed by atoms with van der Waals surface area (Å²) in [5.74, 6) is 0.271. The van der Waals surface area contributed by atoms with E-state index in [1.165, 1.54) is 0 Å². The van der Waals surface area contributed by atoms with Gasteiger partial charge in [-0.1, -0.05) is 12.8 Å². The van der Waals surface area contributed by atoms with Crippen LogP contribution >= 0.6 is 0 Å². The van der Waals surface area contributed by atoms with Crippen LogP contribution in [-0.4, -0.2) is 34.9 Å². The van der Waals surface area contributed by atoms with Crippen molar-refractivity contribution in [2.45, 2.75) is 50.7 Å². The normalized spacial score (nSPS) is 35.5. The van der Waals surface area contributed by atoms with Crippen LogP contribution in [0.3, 0.4) is 0 Å². The lowest BCUT2D eigenvalue weighted by Gasteiger charge is -2.15. The summed E-state index contributed by atoms with van der Waals surface area (Å²) >= 11 is 0. The number of rotatable bonds is 3. The highest BCUT2D eigenvalue weighted by Gasteiger charge is 2.34. The summed E-state index contributed by atoms with van der Waals surface area (Å²) < 4.78 is 0. The molecule has 16 heavy (non-hydrogen) atoms. The van der Waals surface area contributed by atoms with E-state index in [9.17, 15) is 9.90 Å². The van der Waals surface area contributed by atoms with E-state index in [1.54, 1.807) is 0 Å². The van der Waals surface area contributed by atoms with Gasteiger partial charge in [0.15, 0.2) is 0 Å². The molecule has 2 aliphatic rings. The molecule has 0 unspecified atom stereocenters. The highest BCUT2D eigenvalue weighted by Crippen LogP contribution is 2.28. The average molecular weight is 227 g/mol. The molecule has 4 heteroatoms. The Morgan fingerprint density at radius 1 is 1.25 bits per heavy atom. The predicted molar refractivity (Wildman–Crippen MR) is 59.7 cm³/mol. The third kappa shape index (κ3) is 2.55. The number of aliphatic hydroxyl groups excluding tert-OH is 2. The molecular weight excluding hydrogens is 206 g/mol. The second kappa shape index (κ2) is 5.15. The molecule has 2 aliphatic carbocycles. The zero-order valence-electron chi connectivity index (χ0n) is 9.56. The van der Waals surface area contributed by atoms with E-state index < -0.39 is 6.10 Å². The Morgan fingerprint density at radius 3 is 2.50 bits per heavy atom. The largest absolute Gasteiger partial charge is 0.396 e. The third-order valence-corrected chi connectivity index (χ3v) is 3.96. The SMILES string of the molecule is O=C(N[C@@H]1C[C@H](CO)[C@H](O)C1)C1CCCC1. The second-order valence-electron chi connectivity index (χ2n) is 5.17. The summed E-state index contributed by atoms with van der Waals surface area (Å²) in [5.41, 5.74) is 0. The Kier molecular flexibility index (Phi) is 3.82. The number of aliphatic hydroxyl groups is 2. The van der Waals surface area contributed by atoms with Crippen molar-refractivity contribution < 1.29 is 15.0 Å². The van der Waals surface area contributed by atoms with E-state index in [0.29, 0.717) is 12.8 Å². The van der Waals surface area contributed by atoms with Gasteiger partial charge < -0.3 is 15.5 Å². The molecule has 92 valence electrons. The maximum absolute atomic E-state index is 11.8. The number of amides is 1. The molecule has 0 aromatic carbocycles. The fraction of sp³-hybridized carbons (Fsp3) is 0.917. The highest BCUT2D eigenvalue weighted by molar-refractivity contribution is 5.79. The van der Waals surface area contributed by atoms with E-state index in [0.717, 1.165) is 25.7 Å². The van der Waals surface area contributed by atoms with Crippen molar-refractivity contribution in [1.29, 1.82) is 0 Å². The van der Waals surface area contributed by atoms with E-state index in [1.807, 2.05) is 0 Å². The lowest BCUT2D eigenvalue weighted by molar-refractivity contribution is -0.125. The molecule has 0 bridgehead atoms. The van der Waals surface area contributed by atoms with Crippen LogP contribution in [0.2, 0.25) is 0 Å². The lowest BCUT2D eigenvalue weighted by atomic mass is 10.1. The van der Waals surface area contributed by atoms with Gasteiger partial charge in [0.1, 0.15) is 0 Å². The molecule has 3 atom stereocenters. The molecule has 2 rings (SSSR count). The van der Waals surface area contributed by atoms with Crippen LogP contribution in [0.1, 0.15) is 38.5 Å². The van der Waals surface area contributed by atoms with Crippen molar-refractivity contribution in [3.63, 3.8) is 0 Å².